The molecule has 2 heterocycles. The zero-order valence-electron chi connectivity index (χ0n) is 16.1. The van der Waals surface area contributed by atoms with Crippen LogP contribution >= 0.6 is 0 Å². The summed E-state index contributed by atoms with van der Waals surface area (Å²) in [5.41, 5.74) is 4.92. The van der Waals surface area contributed by atoms with Crippen molar-refractivity contribution in [3.05, 3.63) is 96.6 Å². The Morgan fingerprint density at radius 1 is 0.500 bits per heavy atom. The zero-order valence-corrected chi connectivity index (χ0v) is 16.1. The molecule has 6 nitrogen and oxygen atoms in total. The van der Waals surface area contributed by atoms with Gasteiger partial charge < -0.3 is 9.47 Å². The van der Waals surface area contributed by atoms with E-state index in [2.05, 4.69) is 19.9 Å². The Labute approximate surface area is 173 Å². The molecule has 0 saturated heterocycles. The molecular weight excluding hydrogens is 376 g/mol. The van der Waals surface area contributed by atoms with E-state index in [-0.39, 0.29) is 0 Å². The van der Waals surface area contributed by atoms with Crippen molar-refractivity contribution in [2.24, 2.45) is 0 Å². The Hall–Kier alpha value is -4.06. The summed E-state index contributed by atoms with van der Waals surface area (Å²) in [4.78, 5) is 18.0. The molecule has 0 saturated carbocycles. The van der Waals surface area contributed by atoms with Crippen molar-refractivity contribution in [3.63, 3.8) is 0 Å². The van der Waals surface area contributed by atoms with Gasteiger partial charge in [0.15, 0.2) is 11.5 Å². The van der Waals surface area contributed by atoms with E-state index in [1.54, 1.807) is 12.4 Å². The number of hydrogen-bond acceptors (Lipinski definition) is 6. The molecule has 2 aromatic heterocycles. The summed E-state index contributed by atoms with van der Waals surface area (Å²) in [6.45, 7) is 0.599. The van der Waals surface area contributed by atoms with Crippen molar-refractivity contribution in [1.82, 2.24) is 19.9 Å². The molecule has 0 spiro atoms. The molecule has 30 heavy (non-hydrogen) atoms. The molecule has 0 atom stereocenters. The van der Waals surface area contributed by atoms with Crippen LogP contribution in [0, 0.1) is 0 Å². The number of hydrogen-bond donors (Lipinski definition) is 0. The van der Waals surface area contributed by atoms with Crippen LogP contribution in [0.4, 0.5) is 0 Å². The van der Waals surface area contributed by atoms with Crippen molar-refractivity contribution in [3.8, 4) is 11.5 Å². The second-order valence-electron chi connectivity index (χ2n) is 6.72. The Morgan fingerprint density at radius 2 is 0.900 bits per heavy atom. The molecule has 0 radical (unpaired) electrons. The highest BCUT2D eigenvalue weighted by Gasteiger charge is 2.08. The molecular formula is C24H18N4O2. The monoisotopic (exact) mass is 394 g/mol. The third-order valence-corrected chi connectivity index (χ3v) is 4.60. The van der Waals surface area contributed by atoms with Crippen molar-refractivity contribution >= 4 is 22.1 Å². The second-order valence-corrected chi connectivity index (χ2v) is 6.72. The SMILES string of the molecule is c1ccc(OCc2cnc3ccccc3n2)c(OCc2cnc3ccccc3n2)c1. The lowest BCUT2D eigenvalue weighted by Crippen LogP contribution is -2.03. The number of benzene rings is 3. The molecule has 0 aliphatic heterocycles. The number of fused-ring (bicyclic) bond motifs is 2. The fourth-order valence-electron chi connectivity index (χ4n) is 3.12. The normalized spacial score (nSPS) is 10.9. The lowest BCUT2D eigenvalue weighted by Gasteiger charge is -2.12. The zero-order chi connectivity index (χ0) is 20.2. The lowest BCUT2D eigenvalue weighted by molar-refractivity contribution is 0.252. The van der Waals surface area contributed by atoms with Gasteiger partial charge in [0, 0.05) is 0 Å². The van der Waals surface area contributed by atoms with Gasteiger partial charge in [-0.05, 0) is 36.4 Å². The highest BCUT2D eigenvalue weighted by atomic mass is 16.5. The first-order chi connectivity index (χ1) is 14.8. The van der Waals surface area contributed by atoms with Gasteiger partial charge >= 0.3 is 0 Å². The molecule has 5 aromatic rings. The molecule has 3 aromatic carbocycles. The third kappa shape index (κ3) is 3.89. The van der Waals surface area contributed by atoms with Gasteiger partial charge in [0.25, 0.3) is 0 Å². The topological polar surface area (TPSA) is 70.0 Å². The number of nitrogens with zero attached hydrogens (tertiary/aromatic N) is 4. The minimum Gasteiger partial charge on any atom is -0.483 e. The minimum atomic E-state index is 0.300. The number of rotatable bonds is 6. The van der Waals surface area contributed by atoms with Crippen LogP contribution in [0.1, 0.15) is 11.4 Å². The van der Waals surface area contributed by atoms with Crippen LogP contribution in [0.15, 0.2) is 85.2 Å². The van der Waals surface area contributed by atoms with Crippen molar-refractivity contribution in [1.29, 1.82) is 0 Å². The maximum atomic E-state index is 5.97. The van der Waals surface area contributed by atoms with E-state index in [1.165, 1.54) is 0 Å². The Balaban J connectivity index is 1.29. The van der Waals surface area contributed by atoms with Gasteiger partial charge in [-0.15, -0.1) is 0 Å². The standard InChI is InChI=1S/C24H18N4O2/c1-3-9-21-19(7-1)25-13-17(27-21)15-29-23-11-5-6-12-24(23)30-16-18-14-26-20-8-2-4-10-22(20)28-18/h1-14H,15-16H2. The quantitative estimate of drug-likeness (QED) is 0.415. The first-order valence-electron chi connectivity index (χ1n) is 9.61. The van der Waals surface area contributed by atoms with E-state index in [4.69, 9.17) is 9.47 Å². The molecule has 0 N–H and O–H groups in total. The average Bonchev–Trinajstić information content (AvgIpc) is 2.81. The first-order valence-corrected chi connectivity index (χ1v) is 9.61. The van der Waals surface area contributed by atoms with Crippen LogP contribution in [0.25, 0.3) is 22.1 Å². The summed E-state index contributed by atoms with van der Waals surface area (Å²) in [6.07, 6.45) is 3.47. The predicted octanol–water partition coefficient (Wildman–Crippen LogP) is 4.73. The van der Waals surface area contributed by atoms with E-state index in [0.717, 1.165) is 33.5 Å². The number of aromatic nitrogens is 4. The van der Waals surface area contributed by atoms with Gasteiger partial charge in [-0.1, -0.05) is 36.4 Å². The summed E-state index contributed by atoms with van der Waals surface area (Å²) in [5, 5.41) is 0. The van der Waals surface area contributed by atoms with Crippen molar-refractivity contribution in [2.45, 2.75) is 13.2 Å². The molecule has 6 heteroatoms. The van der Waals surface area contributed by atoms with E-state index in [9.17, 15) is 0 Å². The lowest BCUT2D eigenvalue weighted by atomic mass is 10.3. The maximum Gasteiger partial charge on any atom is 0.161 e. The number of para-hydroxylation sites is 6. The molecule has 5 rings (SSSR count). The summed E-state index contributed by atoms with van der Waals surface area (Å²) in [5.74, 6) is 1.28. The van der Waals surface area contributed by atoms with Crippen LogP contribution < -0.4 is 9.47 Å². The highest BCUT2D eigenvalue weighted by Crippen LogP contribution is 2.28. The Bertz CT molecular complexity index is 1220. The highest BCUT2D eigenvalue weighted by molar-refractivity contribution is 5.74. The molecule has 146 valence electrons. The maximum absolute atomic E-state index is 5.97. The van der Waals surface area contributed by atoms with Gasteiger partial charge in [-0.3, -0.25) is 9.97 Å². The van der Waals surface area contributed by atoms with Crippen LogP contribution in [0.5, 0.6) is 11.5 Å². The van der Waals surface area contributed by atoms with Crippen LogP contribution in [-0.2, 0) is 13.2 Å². The van der Waals surface area contributed by atoms with Crippen LogP contribution in [-0.4, -0.2) is 19.9 Å². The minimum absolute atomic E-state index is 0.300. The van der Waals surface area contributed by atoms with E-state index in [0.29, 0.717) is 24.7 Å². The average molecular weight is 394 g/mol. The summed E-state index contributed by atoms with van der Waals surface area (Å²) in [6, 6.07) is 23.1. The third-order valence-electron chi connectivity index (χ3n) is 4.60. The second kappa shape index (κ2) is 8.13. The predicted molar refractivity (Wildman–Crippen MR) is 114 cm³/mol. The fraction of sp³-hybridized carbons (Fsp3) is 0.0833. The Morgan fingerprint density at radius 3 is 1.37 bits per heavy atom. The van der Waals surface area contributed by atoms with Gasteiger partial charge in [0.2, 0.25) is 0 Å². The first kappa shape index (κ1) is 18.0. The largest absolute Gasteiger partial charge is 0.483 e. The molecule has 0 unspecified atom stereocenters. The van der Waals surface area contributed by atoms with Crippen molar-refractivity contribution in [2.75, 3.05) is 0 Å². The fourth-order valence-corrected chi connectivity index (χ4v) is 3.12. The van der Waals surface area contributed by atoms with E-state index in [1.807, 2.05) is 72.8 Å². The number of ether oxygens (including phenoxy) is 2. The molecule has 0 aliphatic carbocycles. The van der Waals surface area contributed by atoms with Crippen LogP contribution in [0.2, 0.25) is 0 Å². The smallest absolute Gasteiger partial charge is 0.161 e. The van der Waals surface area contributed by atoms with Crippen molar-refractivity contribution < 1.29 is 9.47 Å². The Kier molecular flexibility index (Phi) is 4.88. The molecule has 0 aliphatic rings. The van der Waals surface area contributed by atoms with Gasteiger partial charge in [-0.2, -0.15) is 0 Å². The van der Waals surface area contributed by atoms with Gasteiger partial charge in [0.1, 0.15) is 13.2 Å². The van der Waals surface area contributed by atoms with E-state index >= 15 is 0 Å². The van der Waals surface area contributed by atoms with E-state index < -0.39 is 0 Å². The van der Waals surface area contributed by atoms with Crippen LogP contribution in [0.3, 0.4) is 0 Å². The molecule has 0 fully saturated rings. The van der Waals surface area contributed by atoms with Gasteiger partial charge in [-0.25, -0.2) is 9.97 Å². The summed E-state index contributed by atoms with van der Waals surface area (Å²) >= 11 is 0. The summed E-state index contributed by atoms with van der Waals surface area (Å²) < 4.78 is 11.9. The van der Waals surface area contributed by atoms with Gasteiger partial charge in [0.05, 0.1) is 45.8 Å². The molecule has 0 amide bonds. The molecule has 0 bridgehead atoms. The summed E-state index contributed by atoms with van der Waals surface area (Å²) in [7, 11) is 0.